The summed E-state index contributed by atoms with van der Waals surface area (Å²) in [5, 5.41) is 0. The quantitative estimate of drug-likeness (QED) is 0.783. The van der Waals surface area contributed by atoms with Crippen LogP contribution in [0.25, 0.3) is 0 Å². The van der Waals surface area contributed by atoms with Gasteiger partial charge in [0.1, 0.15) is 12.4 Å². The predicted molar refractivity (Wildman–Crippen MR) is 70.0 cm³/mol. The molecule has 0 aromatic heterocycles. The molecule has 1 aromatic rings. The number of hydrogen-bond donors (Lipinski definition) is 1. The minimum atomic E-state index is -0.364. The number of fused-ring (bicyclic) bond motifs is 1. The van der Waals surface area contributed by atoms with Crippen LogP contribution < -0.4 is 10.5 Å². The highest BCUT2D eigenvalue weighted by Gasteiger charge is 2.15. The molecule has 0 fully saturated rings. The Bertz CT molecular complexity index is 447. The molecule has 0 amide bonds. The Balaban J connectivity index is 1.83. The molecule has 0 aliphatic carbocycles. The number of ether oxygens (including phenoxy) is 3. The minimum Gasteiger partial charge on any atom is -0.493 e. The van der Waals surface area contributed by atoms with Crippen molar-refractivity contribution in [2.45, 2.75) is 19.4 Å². The molecule has 1 aromatic carbocycles. The smallest absolute Gasteiger partial charge is 0.332 e. The lowest BCUT2D eigenvalue weighted by molar-refractivity contribution is -0.148. The van der Waals surface area contributed by atoms with Gasteiger partial charge in [0.05, 0.1) is 25.9 Å². The molecule has 19 heavy (non-hydrogen) atoms. The Labute approximate surface area is 112 Å². The van der Waals surface area contributed by atoms with Crippen LogP contribution in [0.1, 0.15) is 24.1 Å². The molecular formula is C14H19NO4. The van der Waals surface area contributed by atoms with Crippen molar-refractivity contribution in [3.8, 4) is 5.75 Å². The van der Waals surface area contributed by atoms with Crippen LogP contribution in [-0.2, 0) is 20.7 Å². The Hall–Kier alpha value is -1.59. The zero-order valence-electron chi connectivity index (χ0n) is 11.1. The number of esters is 1. The Morgan fingerprint density at radius 2 is 2.37 bits per heavy atom. The molecule has 5 nitrogen and oxygen atoms in total. The topological polar surface area (TPSA) is 70.8 Å². The second-order valence-corrected chi connectivity index (χ2v) is 4.39. The van der Waals surface area contributed by atoms with Crippen LogP contribution in [0.3, 0.4) is 0 Å². The van der Waals surface area contributed by atoms with Crippen molar-refractivity contribution >= 4 is 5.97 Å². The van der Waals surface area contributed by atoms with E-state index in [4.69, 9.17) is 19.9 Å². The third-order valence-electron chi connectivity index (χ3n) is 2.96. The van der Waals surface area contributed by atoms with Crippen LogP contribution in [0, 0.1) is 0 Å². The number of carbonyl (C=O) groups excluding carboxylic acids is 1. The summed E-state index contributed by atoms with van der Waals surface area (Å²) in [6.45, 7) is 3.08. The molecule has 1 atom stereocenters. The molecule has 5 heteroatoms. The Kier molecular flexibility index (Phi) is 4.76. The molecule has 0 bridgehead atoms. The summed E-state index contributed by atoms with van der Waals surface area (Å²) >= 11 is 0. The van der Waals surface area contributed by atoms with Crippen molar-refractivity contribution in [2.24, 2.45) is 5.73 Å². The van der Waals surface area contributed by atoms with E-state index in [9.17, 15) is 4.79 Å². The van der Waals surface area contributed by atoms with E-state index in [0.29, 0.717) is 13.2 Å². The summed E-state index contributed by atoms with van der Waals surface area (Å²) in [6, 6.07) is 5.66. The van der Waals surface area contributed by atoms with E-state index in [0.717, 1.165) is 24.3 Å². The van der Waals surface area contributed by atoms with Crippen LogP contribution in [-0.4, -0.2) is 32.4 Å². The van der Waals surface area contributed by atoms with Gasteiger partial charge in [0.2, 0.25) is 0 Å². The number of nitrogens with two attached hydrogens (primary N) is 1. The normalized spacial score (nSPS) is 14.6. The van der Waals surface area contributed by atoms with Gasteiger partial charge in [-0.2, -0.15) is 0 Å². The number of hydrogen-bond acceptors (Lipinski definition) is 5. The van der Waals surface area contributed by atoms with Crippen molar-refractivity contribution in [3.05, 3.63) is 29.3 Å². The SMILES string of the molecule is CCOC(=O)COCC(N)c1ccc2c(c1)CCO2. The van der Waals surface area contributed by atoms with Crippen LogP contribution >= 0.6 is 0 Å². The lowest BCUT2D eigenvalue weighted by atomic mass is 10.0. The fraction of sp³-hybridized carbons (Fsp3) is 0.500. The van der Waals surface area contributed by atoms with Gasteiger partial charge in [0.15, 0.2) is 0 Å². The number of benzene rings is 1. The first-order valence-electron chi connectivity index (χ1n) is 6.45. The van der Waals surface area contributed by atoms with Crippen molar-refractivity contribution in [2.75, 3.05) is 26.4 Å². The molecule has 0 spiro atoms. The zero-order valence-corrected chi connectivity index (χ0v) is 11.1. The van der Waals surface area contributed by atoms with Crippen molar-refractivity contribution in [3.63, 3.8) is 0 Å². The fourth-order valence-electron chi connectivity index (χ4n) is 2.01. The van der Waals surface area contributed by atoms with Gasteiger partial charge in [0.25, 0.3) is 0 Å². The van der Waals surface area contributed by atoms with Crippen molar-refractivity contribution < 1.29 is 19.0 Å². The van der Waals surface area contributed by atoms with Gasteiger partial charge in [-0.15, -0.1) is 0 Å². The first kappa shape index (κ1) is 13.8. The van der Waals surface area contributed by atoms with E-state index < -0.39 is 0 Å². The summed E-state index contributed by atoms with van der Waals surface area (Å²) in [5.41, 5.74) is 8.20. The lowest BCUT2D eigenvalue weighted by Gasteiger charge is -2.13. The summed E-state index contributed by atoms with van der Waals surface area (Å²) in [4.78, 5) is 11.1. The molecular weight excluding hydrogens is 246 g/mol. The third-order valence-corrected chi connectivity index (χ3v) is 2.96. The molecule has 104 valence electrons. The van der Waals surface area contributed by atoms with Crippen molar-refractivity contribution in [1.82, 2.24) is 0 Å². The number of carbonyl (C=O) groups is 1. The van der Waals surface area contributed by atoms with E-state index in [-0.39, 0.29) is 18.6 Å². The Morgan fingerprint density at radius 1 is 1.53 bits per heavy atom. The molecule has 1 heterocycles. The maximum atomic E-state index is 11.1. The first-order chi connectivity index (χ1) is 9.20. The number of rotatable bonds is 6. The van der Waals surface area contributed by atoms with E-state index in [1.54, 1.807) is 6.92 Å². The van der Waals surface area contributed by atoms with E-state index in [1.165, 1.54) is 5.56 Å². The molecule has 0 saturated carbocycles. The first-order valence-corrected chi connectivity index (χ1v) is 6.45. The van der Waals surface area contributed by atoms with Crippen LogP contribution in [0.4, 0.5) is 0 Å². The Morgan fingerprint density at radius 3 is 3.16 bits per heavy atom. The molecule has 2 rings (SSSR count). The zero-order chi connectivity index (χ0) is 13.7. The summed E-state index contributed by atoms with van der Waals surface area (Å²) in [6.07, 6.45) is 0.916. The second kappa shape index (κ2) is 6.54. The standard InChI is InChI=1S/C14H19NO4/c1-2-18-14(16)9-17-8-12(15)10-3-4-13-11(7-10)5-6-19-13/h3-4,7,12H,2,5-6,8-9,15H2,1H3. The summed E-state index contributed by atoms with van der Waals surface area (Å²) < 4.78 is 15.5. The third kappa shape index (κ3) is 3.68. The maximum absolute atomic E-state index is 11.1. The van der Waals surface area contributed by atoms with Gasteiger partial charge in [-0.3, -0.25) is 0 Å². The van der Waals surface area contributed by atoms with Crippen LogP contribution in [0.2, 0.25) is 0 Å². The van der Waals surface area contributed by atoms with Crippen molar-refractivity contribution in [1.29, 1.82) is 0 Å². The van der Waals surface area contributed by atoms with E-state index >= 15 is 0 Å². The second-order valence-electron chi connectivity index (χ2n) is 4.39. The van der Waals surface area contributed by atoms with Crippen LogP contribution in [0.5, 0.6) is 5.75 Å². The molecule has 2 N–H and O–H groups in total. The summed E-state index contributed by atoms with van der Waals surface area (Å²) in [5.74, 6) is 0.570. The van der Waals surface area contributed by atoms with Gasteiger partial charge >= 0.3 is 5.97 Å². The molecule has 0 saturated heterocycles. The van der Waals surface area contributed by atoms with Gasteiger partial charge in [-0.25, -0.2) is 4.79 Å². The highest BCUT2D eigenvalue weighted by atomic mass is 16.6. The molecule has 1 aliphatic heterocycles. The van der Waals surface area contributed by atoms with Gasteiger partial charge < -0.3 is 19.9 Å². The van der Waals surface area contributed by atoms with Gasteiger partial charge in [-0.05, 0) is 24.1 Å². The highest BCUT2D eigenvalue weighted by Crippen LogP contribution is 2.27. The predicted octanol–water partition coefficient (Wildman–Crippen LogP) is 1.20. The molecule has 1 unspecified atom stereocenters. The van der Waals surface area contributed by atoms with Crippen LogP contribution in [0.15, 0.2) is 18.2 Å². The molecule has 0 radical (unpaired) electrons. The summed E-state index contributed by atoms with van der Waals surface area (Å²) in [7, 11) is 0. The monoisotopic (exact) mass is 265 g/mol. The maximum Gasteiger partial charge on any atom is 0.332 e. The fourth-order valence-corrected chi connectivity index (χ4v) is 2.01. The minimum absolute atomic E-state index is 0.0599. The van der Waals surface area contributed by atoms with E-state index in [1.807, 2.05) is 18.2 Å². The largest absolute Gasteiger partial charge is 0.493 e. The van der Waals surface area contributed by atoms with E-state index in [2.05, 4.69) is 0 Å². The van der Waals surface area contributed by atoms with Gasteiger partial charge in [-0.1, -0.05) is 12.1 Å². The average Bonchev–Trinajstić information content (AvgIpc) is 2.86. The average molecular weight is 265 g/mol. The lowest BCUT2D eigenvalue weighted by Crippen LogP contribution is -2.21. The molecule has 1 aliphatic rings. The highest BCUT2D eigenvalue weighted by molar-refractivity contribution is 5.70. The van der Waals surface area contributed by atoms with Gasteiger partial charge in [0, 0.05) is 6.42 Å².